The van der Waals surface area contributed by atoms with Crippen LogP contribution < -0.4 is 4.74 Å². The molecule has 0 saturated carbocycles. The van der Waals surface area contributed by atoms with Gasteiger partial charge in [-0.2, -0.15) is 0 Å². The molecule has 0 bridgehead atoms. The second-order valence-electron chi connectivity index (χ2n) is 5.06. The minimum absolute atomic E-state index is 0.289. The van der Waals surface area contributed by atoms with E-state index >= 15 is 0 Å². The van der Waals surface area contributed by atoms with Crippen LogP contribution in [0.4, 0.5) is 0 Å². The molecule has 0 aliphatic carbocycles. The van der Waals surface area contributed by atoms with E-state index < -0.39 is 5.60 Å². The Morgan fingerprint density at radius 3 is 2.28 bits per heavy atom. The Morgan fingerprint density at radius 2 is 1.83 bits per heavy atom. The van der Waals surface area contributed by atoms with E-state index in [9.17, 15) is 9.90 Å². The van der Waals surface area contributed by atoms with Crippen molar-refractivity contribution < 1.29 is 14.6 Å². The minimum atomic E-state index is -1.34. The first-order chi connectivity index (χ1) is 8.30. The predicted octanol–water partition coefficient (Wildman–Crippen LogP) is 1.58. The van der Waals surface area contributed by atoms with Crippen molar-refractivity contribution in [1.29, 1.82) is 0 Å². The first-order valence-corrected chi connectivity index (χ1v) is 5.95. The topological polar surface area (TPSA) is 49.8 Å². The van der Waals surface area contributed by atoms with E-state index in [4.69, 9.17) is 4.74 Å². The Morgan fingerprint density at radius 1 is 1.28 bits per heavy atom. The van der Waals surface area contributed by atoms with Gasteiger partial charge in [0, 0.05) is 12.1 Å². The van der Waals surface area contributed by atoms with Crippen molar-refractivity contribution in [3.8, 4) is 5.75 Å². The van der Waals surface area contributed by atoms with Gasteiger partial charge in [0.25, 0.3) is 0 Å². The molecule has 0 aliphatic heterocycles. The highest BCUT2D eigenvalue weighted by Crippen LogP contribution is 2.17. The number of hydrogen-bond donors (Lipinski definition) is 1. The van der Waals surface area contributed by atoms with E-state index in [0.717, 1.165) is 12.3 Å². The van der Waals surface area contributed by atoms with Crippen LogP contribution >= 0.6 is 0 Å². The molecule has 0 aliphatic rings. The monoisotopic (exact) mass is 251 g/mol. The number of likely N-dealkylation sites (N-methyl/N-ethyl adjacent to an activating group) is 1. The summed E-state index contributed by atoms with van der Waals surface area (Å²) in [7, 11) is 3.96. The van der Waals surface area contributed by atoms with Crippen molar-refractivity contribution in [3.05, 3.63) is 29.8 Å². The van der Waals surface area contributed by atoms with E-state index in [1.54, 1.807) is 24.3 Å². The molecule has 1 N–H and O–H groups in total. The van der Waals surface area contributed by atoms with Crippen LogP contribution in [0.2, 0.25) is 0 Å². The van der Waals surface area contributed by atoms with Gasteiger partial charge in [-0.05, 0) is 52.2 Å². The van der Waals surface area contributed by atoms with Gasteiger partial charge in [-0.25, -0.2) is 0 Å². The first kappa shape index (κ1) is 14.7. The summed E-state index contributed by atoms with van der Waals surface area (Å²) >= 11 is 0. The van der Waals surface area contributed by atoms with Gasteiger partial charge in [-0.1, -0.05) is 0 Å². The summed E-state index contributed by atoms with van der Waals surface area (Å²) in [5.74, 6) is 0.437. The van der Waals surface area contributed by atoms with Gasteiger partial charge < -0.3 is 14.7 Å². The Kier molecular flexibility index (Phi) is 4.87. The second-order valence-corrected chi connectivity index (χ2v) is 5.06. The molecule has 1 rings (SSSR count). The first-order valence-electron chi connectivity index (χ1n) is 5.95. The van der Waals surface area contributed by atoms with Crippen LogP contribution in [0, 0.1) is 0 Å². The lowest BCUT2D eigenvalue weighted by Crippen LogP contribution is -2.30. The molecule has 0 aromatic heterocycles. The predicted molar refractivity (Wildman–Crippen MR) is 71.1 cm³/mol. The zero-order chi connectivity index (χ0) is 13.8. The molecule has 0 saturated heterocycles. The number of nitrogens with zero attached hydrogens (tertiary/aromatic N) is 1. The van der Waals surface area contributed by atoms with Crippen LogP contribution in [-0.4, -0.2) is 48.6 Å². The largest absolute Gasteiger partial charge is 0.492 e. The zero-order valence-corrected chi connectivity index (χ0v) is 11.4. The normalized spacial score (nSPS) is 11.7. The van der Waals surface area contributed by atoms with E-state index in [2.05, 4.69) is 0 Å². The Bertz CT molecular complexity index is 390. The van der Waals surface area contributed by atoms with Crippen molar-refractivity contribution in [2.24, 2.45) is 0 Å². The van der Waals surface area contributed by atoms with E-state index in [0.29, 0.717) is 12.2 Å². The third-order valence-corrected chi connectivity index (χ3v) is 2.48. The van der Waals surface area contributed by atoms with E-state index in [1.807, 2.05) is 19.0 Å². The van der Waals surface area contributed by atoms with Gasteiger partial charge in [-0.15, -0.1) is 0 Å². The summed E-state index contributed by atoms with van der Waals surface area (Å²) in [6, 6.07) is 6.83. The summed E-state index contributed by atoms with van der Waals surface area (Å²) in [6.45, 7) is 4.41. The maximum absolute atomic E-state index is 11.8. The summed E-state index contributed by atoms with van der Waals surface area (Å²) in [4.78, 5) is 13.8. The lowest BCUT2D eigenvalue weighted by Gasteiger charge is -2.16. The molecule has 0 radical (unpaired) electrons. The molecule has 100 valence electrons. The maximum Gasteiger partial charge on any atom is 0.193 e. The fourth-order valence-electron chi connectivity index (χ4n) is 1.40. The molecule has 0 atom stereocenters. The summed E-state index contributed by atoms with van der Waals surface area (Å²) in [5.41, 5.74) is -0.852. The quantitative estimate of drug-likeness (QED) is 0.780. The number of ether oxygens (including phenoxy) is 1. The third kappa shape index (κ3) is 4.47. The molecular formula is C14H21NO3. The number of aliphatic hydroxyl groups is 1. The summed E-state index contributed by atoms with van der Waals surface area (Å²) in [6.07, 6.45) is 0. The molecule has 18 heavy (non-hydrogen) atoms. The highest BCUT2D eigenvalue weighted by atomic mass is 16.5. The van der Waals surface area contributed by atoms with Crippen molar-refractivity contribution >= 4 is 5.78 Å². The van der Waals surface area contributed by atoms with Crippen molar-refractivity contribution in [3.63, 3.8) is 0 Å². The van der Waals surface area contributed by atoms with Crippen LogP contribution in [0.3, 0.4) is 0 Å². The van der Waals surface area contributed by atoms with Crippen LogP contribution in [-0.2, 0) is 0 Å². The zero-order valence-electron chi connectivity index (χ0n) is 11.4. The molecule has 1 aromatic carbocycles. The van der Waals surface area contributed by atoms with E-state index in [-0.39, 0.29) is 5.78 Å². The molecule has 0 heterocycles. The number of carbonyl (C=O) groups is 1. The lowest BCUT2D eigenvalue weighted by atomic mass is 9.97. The van der Waals surface area contributed by atoms with Crippen molar-refractivity contribution in [2.75, 3.05) is 27.2 Å². The Balaban J connectivity index is 2.60. The second kappa shape index (κ2) is 5.98. The van der Waals surface area contributed by atoms with Gasteiger partial charge >= 0.3 is 0 Å². The van der Waals surface area contributed by atoms with Gasteiger partial charge in [0.1, 0.15) is 18.0 Å². The van der Waals surface area contributed by atoms with Gasteiger partial charge in [-0.3, -0.25) is 4.79 Å². The molecular weight excluding hydrogens is 230 g/mol. The molecule has 4 heteroatoms. The lowest BCUT2D eigenvalue weighted by molar-refractivity contribution is 0.0488. The van der Waals surface area contributed by atoms with Gasteiger partial charge in [0.15, 0.2) is 5.78 Å². The molecule has 0 unspecified atom stereocenters. The Labute approximate surface area is 108 Å². The fraction of sp³-hybridized carbons (Fsp3) is 0.500. The molecule has 1 aromatic rings. The van der Waals surface area contributed by atoms with Crippen LogP contribution in [0.15, 0.2) is 24.3 Å². The average molecular weight is 251 g/mol. The van der Waals surface area contributed by atoms with Gasteiger partial charge in [0.2, 0.25) is 0 Å². The molecule has 0 fully saturated rings. The van der Waals surface area contributed by atoms with Crippen molar-refractivity contribution in [1.82, 2.24) is 4.90 Å². The number of ketones is 1. The number of hydrogen-bond acceptors (Lipinski definition) is 4. The number of benzene rings is 1. The number of carbonyl (C=O) groups excluding carboxylic acids is 1. The number of Topliss-reactive ketones (excluding diaryl/α,β-unsaturated/α-hetero) is 1. The highest BCUT2D eigenvalue weighted by molar-refractivity contribution is 6.01. The SMILES string of the molecule is CN(C)CCOc1ccc(C(=O)C(C)(C)O)cc1. The Hall–Kier alpha value is -1.39. The minimum Gasteiger partial charge on any atom is -0.492 e. The number of rotatable bonds is 6. The third-order valence-electron chi connectivity index (χ3n) is 2.48. The standard InChI is InChI=1S/C14H21NO3/c1-14(2,17)13(16)11-5-7-12(8-6-11)18-10-9-15(3)4/h5-8,17H,9-10H2,1-4H3. The average Bonchev–Trinajstić information content (AvgIpc) is 2.27. The summed E-state index contributed by atoms with van der Waals surface area (Å²) < 4.78 is 5.52. The van der Waals surface area contributed by atoms with Crippen LogP contribution in [0.5, 0.6) is 5.75 Å². The fourth-order valence-corrected chi connectivity index (χ4v) is 1.40. The van der Waals surface area contributed by atoms with E-state index in [1.165, 1.54) is 13.8 Å². The smallest absolute Gasteiger partial charge is 0.193 e. The van der Waals surface area contributed by atoms with Crippen molar-refractivity contribution in [2.45, 2.75) is 19.4 Å². The van der Waals surface area contributed by atoms with Crippen LogP contribution in [0.1, 0.15) is 24.2 Å². The molecule has 4 nitrogen and oxygen atoms in total. The molecule has 0 amide bonds. The summed E-state index contributed by atoms with van der Waals surface area (Å²) in [5, 5.41) is 9.63. The van der Waals surface area contributed by atoms with Crippen LogP contribution in [0.25, 0.3) is 0 Å². The molecule has 0 spiro atoms. The van der Waals surface area contributed by atoms with Gasteiger partial charge in [0.05, 0.1) is 0 Å². The highest BCUT2D eigenvalue weighted by Gasteiger charge is 2.24. The maximum atomic E-state index is 11.8.